The van der Waals surface area contributed by atoms with E-state index in [-0.39, 0.29) is 12.6 Å². The lowest BCUT2D eigenvalue weighted by Crippen LogP contribution is -2.42. The van der Waals surface area contributed by atoms with E-state index in [1.807, 2.05) is 12.1 Å². The molecule has 0 spiro atoms. The molecule has 1 N–H and O–H groups in total. The van der Waals surface area contributed by atoms with Crippen LogP contribution in [0.3, 0.4) is 0 Å². The van der Waals surface area contributed by atoms with Gasteiger partial charge in [-0.25, -0.2) is 13.6 Å². The fourth-order valence-corrected chi connectivity index (χ4v) is 4.37. The SMILES string of the molecule is CN1CC[C@H](CN(Cc2ccc(F)cc2F)C(=O)NCc2ccc3c(c2)CCCO3)C1. The van der Waals surface area contributed by atoms with Gasteiger partial charge < -0.3 is 19.9 Å². The second-order valence-corrected chi connectivity index (χ2v) is 8.59. The van der Waals surface area contributed by atoms with Gasteiger partial charge in [0.2, 0.25) is 0 Å². The molecule has 0 bridgehead atoms. The number of hydrogen-bond donors (Lipinski definition) is 1. The molecule has 1 atom stereocenters. The Hall–Kier alpha value is -2.67. The van der Waals surface area contributed by atoms with Crippen molar-refractivity contribution < 1.29 is 18.3 Å². The predicted molar refractivity (Wildman–Crippen MR) is 115 cm³/mol. The van der Waals surface area contributed by atoms with Crippen molar-refractivity contribution in [3.8, 4) is 5.75 Å². The highest BCUT2D eigenvalue weighted by molar-refractivity contribution is 5.74. The summed E-state index contributed by atoms with van der Waals surface area (Å²) in [6.07, 6.45) is 2.97. The van der Waals surface area contributed by atoms with Crippen LogP contribution >= 0.6 is 0 Å². The number of rotatable bonds is 6. The first kappa shape index (κ1) is 21.6. The second kappa shape index (κ2) is 9.64. The van der Waals surface area contributed by atoms with Crippen molar-refractivity contribution in [1.29, 1.82) is 0 Å². The zero-order chi connectivity index (χ0) is 21.8. The molecular formula is C24H29F2N3O2. The van der Waals surface area contributed by atoms with Crippen molar-refractivity contribution in [2.45, 2.75) is 32.4 Å². The first-order valence-electron chi connectivity index (χ1n) is 10.9. The smallest absolute Gasteiger partial charge is 0.317 e. The van der Waals surface area contributed by atoms with Gasteiger partial charge in [0, 0.05) is 31.3 Å². The van der Waals surface area contributed by atoms with Crippen LogP contribution in [0, 0.1) is 17.6 Å². The van der Waals surface area contributed by atoms with Crippen LogP contribution in [0.2, 0.25) is 0 Å². The average molecular weight is 430 g/mol. The number of urea groups is 1. The molecule has 5 nitrogen and oxygen atoms in total. The minimum atomic E-state index is -0.629. The van der Waals surface area contributed by atoms with Crippen molar-refractivity contribution in [3.05, 3.63) is 64.7 Å². The van der Waals surface area contributed by atoms with E-state index in [1.54, 1.807) is 4.90 Å². The van der Waals surface area contributed by atoms with E-state index in [4.69, 9.17) is 4.74 Å². The van der Waals surface area contributed by atoms with Crippen molar-refractivity contribution >= 4 is 6.03 Å². The Kier molecular flexibility index (Phi) is 6.70. The number of nitrogens with zero attached hydrogens (tertiary/aromatic N) is 2. The molecule has 4 rings (SSSR count). The number of ether oxygens (including phenoxy) is 1. The normalized spacial score (nSPS) is 18.4. The Labute approximate surface area is 182 Å². The molecule has 0 radical (unpaired) electrons. The minimum absolute atomic E-state index is 0.107. The summed E-state index contributed by atoms with van der Waals surface area (Å²) in [6, 6.07) is 9.25. The average Bonchev–Trinajstić information content (AvgIpc) is 3.17. The van der Waals surface area contributed by atoms with Gasteiger partial charge in [-0.05, 0) is 62.0 Å². The Bertz CT molecular complexity index is 937. The molecule has 0 saturated carbocycles. The van der Waals surface area contributed by atoms with Crippen LogP contribution in [0.4, 0.5) is 13.6 Å². The molecule has 2 aliphatic rings. The molecule has 2 aromatic rings. The van der Waals surface area contributed by atoms with Crippen LogP contribution in [0.1, 0.15) is 29.5 Å². The molecule has 7 heteroatoms. The molecular weight excluding hydrogens is 400 g/mol. The zero-order valence-electron chi connectivity index (χ0n) is 17.9. The standard InChI is InChI=1S/C24H29F2N3O2/c1-28-9-8-18(14-28)15-29(16-20-5-6-21(25)12-22(20)26)24(30)27-13-17-4-7-23-19(11-17)3-2-10-31-23/h4-7,11-12,18H,2-3,8-10,13-16H2,1H3,(H,27,30)/t18-/m0/s1. The summed E-state index contributed by atoms with van der Waals surface area (Å²) in [5.41, 5.74) is 2.48. The van der Waals surface area contributed by atoms with Crippen molar-refractivity contribution in [2.24, 2.45) is 5.92 Å². The van der Waals surface area contributed by atoms with E-state index < -0.39 is 11.6 Å². The molecule has 1 saturated heterocycles. The van der Waals surface area contributed by atoms with Gasteiger partial charge in [-0.2, -0.15) is 0 Å². The molecule has 0 unspecified atom stereocenters. The number of fused-ring (bicyclic) bond motifs is 1. The van der Waals surface area contributed by atoms with Gasteiger partial charge in [0.05, 0.1) is 13.2 Å². The summed E-state index contributed by atoms with van der Waals surface area (Å²) in [4.78, 5) is 16.9. The van der Waals surface area contributed by atoms with Gasteiger partial charge in [-0.1, -0.05) is 18.2 Å². The fraction of sp³-hybridized carbons (Fsp3) is 0.458. The lowest BCUT2D eigenvalue weighted by atomic mass is 10.0. The largest absolute Gasteiger partial charge is 0.493 e. The van der Waals surface area contributed by atoms with Gasteiger partial charge >= 0.3 is 6.03 Å². The highest BCUT2D eigenvalue weighted by Gasteiger charge is 2.25. The van der Waals surface area contributed by atoms with E-state index in [1.165, 1.54) is 12.1 Å². The van der Waals surface area contributed by atoms with Gasteiger partial charge in [0.15, 0.2) is 0 Å². The van der Waals surface area contributed by atoms with Crippen molar-refractivity contribution in [1.82, 2.24) is 15.1 Å². The molecule has 0 aliphatic carbocycles. The number of aryl methyl sites for hydroxylation is 1. The van der Waals surface area contributed by atoms with Crippen molar-refractivity contribution in [2.75, 3.05) is 33.3 Å². The molecule has 2 aliphatic heterocycles. The van der Waals surface area contributed by atoms with Gasteiger partial charge in [-0.15, -0.1) is 0 Å². The maximum atomic E-state index is 14.2. The molecule has 0 aromatic heterocycles. The summed E-state index contributed by atoms with van der Waals surface area (Å²) in [7, 11) is 2.06. The molecule has 2 amide bonds. The number of nitrogens with one attached hydrogen (secondary N) is 1. The monoisotopic (exact) mass is 429 g/mol. The van der Waals surface area contributed by atoms with Crippen molar-refractivity contribution in [3.63, 3.8) is 0 Å². The third kappa shape index (κ3) is 5.53. The summed E-state index contributed by atoms with van der Waals surface area (Å²) < 4.78 is 33.2. The van der Waals surface area contributed by atoms with Crippen LogP contribution in [0.15, 0.2) is 36.4 Å². The third-order valence-corrected chi connectivity index (χ3v) is 6.05. The van der Waals surface area contributed by atoms with Crippen LogP contribution in [-0.4, -0.2) is 49.1 Å². The summed E-state index contributed by atoms with van der Waals surface area (Å²) in [6.45, 7) is 3.66. The molecule has 1 fully saturated rings. The Morgan fingerprint density at radius 2 is 2.13 bits per heavy atom. The molecule has 2 aromatic carbocycles. The van der Waals surface area contributed by atoms with E-state index >= 15 is 0 Å². The van der Waals surface area contributed by atoms with Crippen LogP contribution in [0.5, 0.6) is 5.75 Å². The summed E-state index contributed by atoms with van der Waals surface area (Å²) >= 11 is 0. The van der Waals surface area contributed by atoms with E-state index in [0.717, 1.165) is 61.9 Å². The van der Waals surface area contributed by atoms with Gasteiger partial charge in [0.1, 0.15) is 17.4 Å². The Balaban J connectivity index is 1.43. The maximum absolute atomic E-state index is 14.2. The number of likely N-dealkylation sites (tertiary alicyclic amines) is 1. The minimum Gasteiger partial charge on any atom is -0.493 e. The first-order valence-corrected chi connectivity index (χ1v) is 10.9. The van der Waals surface area contributed by atoms with Crippen LogP contribution in [0.25, 0.3) is 0 Å². The number of benzene rings is 2. The van der Waals surface area contributed by atoms with Gasteiger partial charge in [-0.3, -0.25) is 0 Å². The number of halogens is 2. The molecule has 2 heterocycles. The van der Waals surface area contributed by atoms with E-state index in [2.05, 4.69) is 23.3 Å². The summed E-state index contributed by atoms with van der Waals surface area (Å²) in [5, 5.41) is 2.98. The second-order valence-electron chi connectivity index (χ2n) is 8.59. The lowest BCUT2D eigenvalue weighted by molar-refractivity contribution is 0.183. The number of carbonyl (C=O) groups excluding carboxylic acids is 1. The first-order chi connectivity index (χ1) is 15.0. The van der Waals surface area contributed by atoms with Crippen LogP contribution < -0.4 is 10.1 Å². The lowest BCUT2D eigenvalue weighted by Gasteiger charge is -2.26. The van der Waals surface area contributed by atoms with Gasteiger partial charge in [0.25, 0.3) is 0 Å². The highest BCUT2D eigenvalue weighted by Crippen LogP contribution is 2.25. The topological polar surface area (TPSA) is 44.8 Å². The van der Waals surface area contributed by atoms with E-state index in [0.29, 0.717) is 24.6 Å². The molecule has 166 valence electrons. The quantitative estimate of drug-likeness (QED) is 0.756. The van der Waals surface area contributed by atoms with E-state index in [9.17, 15) is 13.6 Å². The maximum Gasteiger partial charge on any atom is 0.317 e. The fourth-order valence-electron chi connectivity index (χ4n) is 4.37. The molecule has 31 heavy (non-hydrogen) atoms. The zero-order valence-corrected chi connectivity index (χ0v) is 17.9. The Morgan fingerprint density at radius 3 is 2.90 bits per heavy atom. The third-order valence-electron chi connectivity index (χ3n) is 6.05. The Morgan fingerprint density at radius 1 is 1.26 bits per heavy atom. The number of hydrogen-bond acceptors (Lipinski definition) is 3. The highest BCUT2D eigenvalue weighted by atomic mass is 19.1. The van der Waals surface area contributed by atoms with Crippen LogP contribution in [-0.2, 0) is 19.5 Å². The summed E-state index contributed by atoms with van der Waals surface area (Å²) in [5.74, 6) is 0.00216. The number of carbonyl (C=O) groups is 1. The number of amides is 2. The predicted octanol–water partition coefficient (Wildman–Crippen LogP) is 3.95.